The normalized spacial score (nSPS) is 10.5. The van der Waals surface area contributed by atoms with Gasteiger partial charge in [-0.1, -0.05) is 0 Å². The van der Waals surface area contributed by atoms with Crippen molar-refractivity contribution in [1.29, 1.82) is 5.26 Å². The van der Waals surface area contributed by atoms with Gasteiger partial charge in [-0.3, -0.25) is 4.90 Å². The summed E-state index contributed by atoms with van der Waals surface area (Å²) in [4.78, 5) is 2.20. The molecule has 0 aromatic carbocycles. The molecule has 0 bridgehead atoms. The Bertz CT molecular complexity index is 129. The summed E-state index contributed by atoms with van der Waals surface area (Å²) in [7, 11) is 0. The van der Waals surface area contributed by atoms with Crippen LogP contribution in [0.3, 0.4) is 0 Å². The van der Waals surface area contributed by atoms with Crippen LogP contribution in [0.15, 0.2) is 0 Å². The lowest BCUT2D eigenvalue weighted by molar-refractivity contribution is 0.240. The van der Waals surface area contributed by atoms with Gasteiger partial charge in [0.2, 0.25) is 0 Å². The van der Waals surface area contributed by atoms with Crippen LogP contribution in [-0.4, -0.2) is 29.9 Å². The second kappa shape index (κ2) is 6.45. The number of nitriles is 1. The predicted octanol–water partition coefficient (Wildman–Crippen LogP) is 1.85. The van der Waals surface area contributed by atoms with Crippen molar-refractivity contribution in [3.63, 3.8) is 0 Å². The van der Waals surface area contributed by atoms with Gasteiger partial charge in [0, 0.05) is 31.4 Å². The zero-order valence-electron chi connectivity index (χ0n) is 7.18. The number of rotatable bonds is 5. The molecule has 0 unspecified atom stereocenters. The summed E-state index contributed by atoms with van der Waals surface area (Å²) in [6, 6.07) is 2.61. The van der Waals surface area contributed by atoms with Gasteiger partial charge < -0.3 is 0 Å². The van der Waals surface area contributed by atoms with Crippen LogP contribution in [0, 0.1) is 11.3 Å². The van der Waals surface area contributed by atoms with E-state index in [4.69, 9.17) is 16.9 Å². The van der Waals surface area contributed by atoms with Crippen molar-refractivity contribution in [3.05, 3.63) is 0 Å². The van der Waals surface area contributed by atoms with Gasteiger partial charge in [0.15, 0.2) is 0 Å². The van der Waals surface area contributed by atoms with Gasteiger partial charge in [0.1, 0.15) is 0 Å². The molecule has 0 saturated heterocycles. The summed E-state index contributed by atoms with van der Waals surface area (Å²) in [5.41, 5.74) is 0. The maximum Gasteiger partial charge on any atom is 0.0635 e. The van der Waals surface area contributed by atoms with E-state index in [0.717, 1.165) is 13.1 Å². The molecule has 0 amide bonds. The first-order valence-electron chi connectivity index (χ1n) is 3.89. The quantitative estimate of drug-likeness (QED) is 0.595. The molecule has 0 aromatic rings. The third-order valence-corrected chi connectivity index (χ3v) is 1.78. The summed E-state index contributed by atoms with van der Waals surface area (Å²) in [6.45, 7) is 5.94. The smallest absolute Gasteiger partial charge is 0.0635 e. The second-order valence-corrected chi connectivity index (χ2v) is 3.10. The first kappa shape index (κ1) is 10.7. The van der Waals surface area contributed by atoms with Crippen LogP contribution in [0.25, 0.3) is 0 Å². The molecule has 0 aliphatic carbocycles. The molecular weight excluding hydrogens is 160 g/mol. The van der Waals surface area contributed by atoms with Gasteiger partial charge in [-0.05, 0) is 13.8 Å². The van der Waals surface area contributed by atoms with E-state index in [1.165, 1.54) is 0 Å². The van der Waals surface area contributed by atoms with E-state index in [1.807, 2.05) is 0 Å². The molecule has 0 spiro atoms. The lowest BCUT2D eigenvalue weighted by Crippen LogP contribution is -2.33. The van der Waals surface area contributed by atoms with Crippen molar-refractivity contribution in [2.75, 3.05) is 19.0 Å². The van der Waals surface area contributed by atoms with Crippen LogP contribution in [0.1, 0.15) is 20.3 Å². The monoisotopic (exact) mass is 174 g/mol. The summed E-state index contributed by atoms with van der Waals surface area (Å²) >= 11 is 5.59. The molecular formula is C8H15ClN2. The Morgan fingerprint density at radius 1 is 1.45 bits per heavy atom. The standard InChI is InChI=1S/C8H15ClN2/c1-8(2)11(7-4-9)6-3-5-10/h8H,3-4,6-7H2,1-2H3. The molecule has 0 atom stereocenters. The fourth-order valence-electron chi connectivity index (χ4n) is 0.930. The summed E-state index contributed by atoms with van der Waals surface area (Å²) in [5, 5.41) is 8.36. The Hall–Kier alpha value is -0.260. The molecule has 0 radical (unpaired) electrons. The van der Waals surface area contributed by atoms with Crippen LogP contribution in [0.2, 0.25) is 0 Å². The van der Waals surface area contributed by atoms with Gasteiger partial charge in [-0.15, -0.1) is 11.6 Å². The second-order valence-electron chi connectivity index (χ2n) is 2.73. The Labute approximate surface area is 73.7 Å². The number of hydrogen-bond acceptors (Lipinski definition) is 2. The molecule has 0 rings (SSSR count). The third-order valence-electron chi connectivity index (χ3n) is 1.61. The fraction of sp³-hybridized carbons (Fsp3) is 0.875. The van der Waals surface area contributed by atoms with E-state index in [9.17, 15) is 0 Å². The maximum atomic E-state index is 8.36. The van der Waals surface area contributed by atoms with Crippen LogP contribution in [0.5, 0.6) is 0 Å². The summed E-state index contributed by atoms with van der Waals surface area (Å²) in [5.74, 6) is 0.642. The number of nitrogens with zero attached hydrogens (tertiary/aromatic N) is 2. The van der Waals surface area contributed by atoms with Gasteiger partial charge >= 0.3 is 0 Å². The van der Waals surface area contributed by atoms with Gasteiger partial charge in [-0.25, -0.2) is 0 Å². The van der Waals surface area contributed by atoms with E-state index < -0.39 is 0 Å². The molecule has 3 heteroatoms. The van der Waals surface area contributed by atoms with E-state index in [1.54, 1.807) is 0 Å². The molecule has 0 heterocycles. The van der Waals surface area contributed by atoms with E-state index in [2.05, 4.69) is 24.8 Å². The highest BCUT2D eigenvalue weighted by Crippen LogP contribution is 1.99. The van der Waals surface area contributed by atoms with Crippen molar-refractivity contribution in [1.82, 2.24) is 4.90 Å². The van der Waals surface area contributed by atoms with Crippen molar-refractivity contribution in [2.45, 2.75) is 26.3 Å². The molecule has 11 heavy (non-hydrogen) atoms. The van der Waals surface area contributed by atoms with Gasteiger partial charge in [-0.2, -0.15) is 5.26 Å². The minimum Gasteiger partial charge on any atom is -0.299 e. The first-order chi connectivity index (χ1) is 5.22. The first-order valence-corrected chi connectivity index (χ1v) is 4.42. The SMILES string of the molecule is CC(C)N(CCCl)CCC#N. The number of halogens is 1. The highest BCUT2D eigenvalue weighted by molar-refractivity contribution is 6.18. The highest BCUT2D eigenvalue weighted by atomic mass is 35.5. The van der Waals surface area contributed by atoms with Crippen LogP contribution in [0.4, 0.5) is 0 Å². The number of hydrogen-bond donors (Lipinski definition) is 0. The Balaban J connectivity index is 3.62. The van der Waals surface area contributed by atoms with E-state index >= 15 is 0 Å². The minimum atomic E-state index is 0.488. The maximum absolute atomic E-state index is 8.36. The fourth-order valence-corrected chi connectivity index (χ4v) is 1.15. The number of alkyl halides is 1. The molecule has 0 saturated carbocycles. The Kier molecular flexibility index (Phi) is 6.30. The van der Waals surface area contributed by atoms with Crippen molar-refractivity contribution >= 4 is 11.6 Å². The highest BCUT2D eigenvalue weighted by Gasteiger charge is 2.06. The van der Waals surface area contributed by atoms with Crippen LogP contribution < -0.4 is 0 Å². The molecule has 0 N–H and O–H groups in total. The molecule has 64 valence electrons. The lowest BCUT2D eigenvalue weighted by Gasteiger charge is -2.23. The molecule has 0 fully saturated rings. The van der Waals surface area contributed by atoms with E-state index in [-0.39, 0.29) is 0 Å². The largest absolute Gasteiger partial charge is 0.299 e. The van der Waals surface area contributed by atoms with Gasteiger partial charge in [0.05, 0.1) is 6.07 Å². The van der Waals surface area contributed by atoms with Gasteiger partial charge in [0.25, 0.3) is 0 Å². The predicted molar refractivity (Wildman–Crippen MR) is 47.7 cm³/mol. The molecule has 2 nitrogen and oxygen atoms in total. The zero-order chi connectivity index (χ0) is 8.69. The van der Waals surface area contributed by atoms with E-state index in [0.29, 0.717) is 18.3 Å². The van der Waals surface area contributed by atoms with Crippen LogP contribution >= 0.6 is 11.6 Å². The third kappa shape index (κ3) is 5.06. The Morgan fingerprint density at radius 3 is 2.45 bits per heavy atom. The zero-order valence-corrected chi connectivity index (χ0v) is 7.93. The minimum absolute atomic E-state index is 0.488. The summed E-state index contributed by atoms with van der Waals surface area (Å²) in [6.07, 6.45) is 0.592. The molecule has 0 aromatic heterocycles. The molecule has 0 aliphatic rings. The average molecular weight is 175 g/mol. The summed E-state index contributed by atoms with van der Waals surface area (Å²) < 4.78 is 0. The van der Waals surface area contributed by atoms with Crippen LogP contribution in [-0.2, 0) is 0 Å². The topological polar surface area (TPSA) is 27.0 Å². The molecule has 0 aliphatic heterocycles. The van der Waals surface area contributed by atoms with Crippen molar-refractivity contribution in [3.8, 4) is 6.07 Å². The van der Waals surface area contributed by atoms with Crippen molar-refractivity contribution < 1.29 is 0 Å². The Morgan fingerprint density at radius 2 is 2.09 bits per heavy atom. The van der Waals surface area contributed by atoms with Crippen molar-refractivity contribution in [2.24, 2.45) is 0 Å². The lowest BCUT2D eigenvalue weighted by atomic mass is 10.3. The average Bonchev–Trinajstić information content (AvgIpc) is 1.97.